The Balaban J connectivity index is 1.44. The van der Waals surface area contributed by atoms with Gasteiger partial charge < -0.3 is 10.6 Å². The van der Waals surface area contributed by atoms with Gasteiger partial charge in [0, 0.05) is 0 Å². The molecule has 5 rings (SSSR count). The summed E-state index contributed by atoms with van der Waals surface area (Å²) in [6.07, 6.45) is 2.81. The van der Waals surface area contributed by atoms with Crippen LogP contribution in [0.15, 0.2) is 72.8 Å². The van der Waals surface area contributed by atoms with Gasteiger partial charge in [0.25, 0.3) is 5.91 Å². The lowest BCUT2D eigenvalue weighted by Gasteiger charge is -2.29. The van der Waals surface area contributed by atoms with Crippen molar-refractivity contribution in [2.24, 2.45) is 0 Å². The van der Waals surface area contributed by atoms with E-state index in [-0.39, 0.29) is 18.5 Å². The van der Waals surface area contributed by atoms with Gasteiger partial charge in [0.15, 0.2) is 5.54 Å². The second kappa shape index (κ2) is 9.02. The van der Waals surface area contributed by atoms with Crippen LogP contribution in [0.4, 0.5) is 4.79 Å². The minimum absolute atomic E-state index is 0.119. The van der Waals surface area contributed by atoms with E-state index in [0.29, 0.717) is 11.1 Å². The van der Waals surface area contributed by atoms with E-state index in [0.717, 1.165) is 40.9 Å². The van der Waals surface area contributed by atoms with Crippen LogP contribution in [0.1, 0.15) is 52.3 Å². The molecule has 0 spiro atoms. The highest BCUT2D eigenvalue weighted by Crippen LogP contribution is 2.37. The lowest BCUT2D eigenvalue weighted by molar-refractivity contribution is -0.134. The van der Waals surface area contributed by atoms with Gasteiger partial charge in [-0.05, 0) is 66.5 Å². The SMILES string of the molecule is Cc1ccc([C@@]2(c3ccccc3)NC(=O)N(CC(=O)N[C@@H]3CCCc4ccccc43)C2=O)cc1C. The van der Waals surface area contributed by atoms with E-state index in [1.54, 1.807) is 0 Å². The maximum Gasteiger partial charge on any atom is 0.326 e. The van der Waals surface area contributed by atoms with E-state index in [2.05, 4.69) is 16.7 Å². The van der Waals surface area contributed by atoms with Crippen LogP contribution in [0.5, 0.6) is 0 Å². The summed E-state index contributed by atoms with van der Waals surface area (Å²) in [5.41, 5.74) is 4.41. The van der Waals surface area contributed by atoms with Crippen LogP contribution >= 0.6 is 0 Å². The van der Waals surface area contributed by atoms with Crippen LogP contribution in [0.2, 0.25) is 0 Å². The molecular formula is C29H29N3O3. The Labute approximate surface area is 205 Å². The van der Waals surface area contributed by atoms with Crippen molar-refractivity contribution in [3.8, 4) is 0 Å². The fourth-order valence-corrected chi connectivity index (χ4v) is 5.23. The topological polar surface area (TPSA) is 78.5 Å². The van der Waals surface area contributed by atoms with Crippen LogP contribution in [-0.4, -0.2) is 29.3 Å². The number of fused-ring (bicyclic) bond motifs is 1. The third-order valence-electron chi connectivity index (χ3n) is 7.26. The quantitative estimate of drug-likeness (QED) is 0.550. The largest absolute Gasteiger partial charge is 0.348 e. The molecule has 0 bridgehead atoms. The number of hydrogen-bond donors (Lipinski definition) is 2. The first-order valence-electron chi connectivity index (χ1n) is 12.0. The van der Waals surface area contributed by atoms with Gasteiger partial charge in [0.05, 0.1) is 6.04 Å². The van der Waals surface area contributed by atoms with Crippen molar-refractivity contribution >= 4 is 17.8 Å². The first-order chi connectivity index (χ1) is 16.9. The van der Waals surface area contributed by atoms with Gasteiger partial charge >= 0.3 is 6.03 Å². The molecule has 35 heavy (non-hydrogen) atoms. The highest BCUT2D eigenvalue weighted by atomic mass is 16.2. The molecule has 178 valence electrons. The maximum atomic E-state index is 13.9. The van der Waals surface area contributed by atoms with Crippen molar-refractivity contribution in [2.75, 3.05) is 6.54 Å². The molecule has 1 saturated heterocycles. The van der Waals surface area contributed by atoms with Gasteiger partial charge in [0.1, 0.15) is 6.54 Å². The van der Waals surface area contributed by atoms with E-state index >= 15 is 0 Å². The first kappa shape index (κ1) is 22.8. The number of benzene rings is 3. The second-order valence-corrected chi connectivity index (χ2v) is 9.45. The molecule has 2 N–H and O–H groups in total. The second-order valence-electron chi connectivity index (χ2n) is 9.45. The highest BCUT2D eigenvalue weighted by molar-refractivity contribution is 6.11. The van der Waals surface area contributed by atoms with Gasteiger partial charge in [-0.25, -0.2) is 4.79 Å². The molecule has 3 aromatic carbocycles. The van der Waals surface area contributed by atoms with Crippen molar-refractivity contribution < 1.29 is 14.4 Å². The molecule has 0 saturated carbocycles. The number of carbonyl (C=O) groups is 3. The van der Waals surface area contributed by atoms with Gasteiger partial charge in [-0.1, -0.05) is 72.8 Å². The summed E-state index contributed by atoms with van der Waals surface area (Å²) in [6, 6.07) is 22.4. The molecule has 6 heteroatoms. The lowest BCUT2D eigenvalue weighted by atomic mass is 9.81. The standard InChI is InChI=1S/C29H29N3O3/c1-19-15-16-23(17-20(19)2)29(22-11-4-3-5-12-22)27(34)32(28(35)31-29)18-26(33)30-25-14-8-10-21-9-6-7-13-24(21)25/h3-7,9,11-13,15-17,25H,8,10,14,18H2,1-2H3,(H,30,33)(H,31,35)/t25-,29-/m1/s1. The molecule has 6 nitrogen and oxygen atoms in total. The monoisotopic (exact) mass is 467 g/mol. The van der Waals surface area contributed by atoms with E-state index < -0.39 is 17.5 Å². The lowest BCUT2D eigenvalue weighted by Crippen LogP contribution is -2.46. The summed E-state index contributed by atoms with van der Waals surface area (Å²) in [4.78, 5) is 41.2. The van der Waals surface area contributed by atoms with E-state index in [9.17, 15) is 14.4 Å². The average Bonchev–Trinajstić information content (AvgIpc) is 3.12. The van der Waals surface area contributed by atoms with E-state index in [4.69, 9.17) is 0 Å². The number of amides is 4. The summed E-state index contributed by atoms with van der Waals surface area (Å²) in [5.74, 6) is -0.796. The van der Waals surface area contributed by atoms with Crippen molar-refractivity contribution in [1.29, 1.82) is 0 Å². The number of nitrogens with one attached hydrogen (secondary N) is 2. The fourth-order valence-electron chi connectivity index (χ4n) is 5.23. The van der Waals surface area contributed by atoms with Gasteiger partial charge in [-0.15, -0.1) is 0 Å². The smallest absolute Gasteiger partial charge is 0.326 e. The normalized spacial score (nSPS) is 21.4. The summed E-state index contributed by atoms with van der Waals surface area (Å²) >= 11 is 0. The van der Waals surface area contributed by atoms with E-state index in [1.807, 2.05) is 80.6 Å². The Hall–Kier alpha value is -3.93. The zero-order valence-electron chi connectivity index (χ0n) is 20.0. The third kappa shape index (κ3) is 3.99. The number of nitrogens with zero attached hydrogens (tertiary/aromatic N) is 1. The number of urea groups is 1. The van der Waals surface area contributed by atoms with Gasteiger partial charge in [-0.3, -0.25) is 14.5 Å². The molecule has 1 aliphatic carbocycles. The first-order valence-corrected chi connectivity index (χ1v) is 12.0. The molecule has 0 radical (unpaired) electrons. The minimum Gasteiger partial charge on any atom is -0.348 e. The highest BCUT2D eigenvalue weighted by Gasteiger charge is 2.54. The van der Waals surface area contributed by atoms with Crippen LogP contribution in [0.3, 0.4) is 0 Å². The molecule has 4 amide bonds. The molecule has 2 aliphatic rings. The maximum absolute atomic E-state index is 13.9. The van der Waals surface area contributed by atoms with Crippen LogP contribution < -0.4 is 10.6 Å². The number of aryl methyl sites for hydroxylation is 3. The molecule has 2 atom stereocenters. The minimum atomic E-state index is -1.38. The van der Waals surface area contributed by atoms with Crippen LogP contribution in [0.25, 0.3) is 0 Å². The zero-order valence-corrected chi connectivity index (χ0v) is 20.0. The predicted molar refractivity (Wildman–Crippen MR) is 134 cm³/mol. The Morgan fingerprint density at radius 2 is 1.71 bits per heavy atom. The van der Waals surface area contributed by atoms with Crippen LogP contribution in [0, 0.1) is 13.8 Å². The molecule has 1 heterocycles. The molecular weight excluding hydrogens is 438 g/mol. The Kier molecular flexibility index (Phi) is 5.89. The van der Waals surface area contributed by atoms with Crippen molar-refractivity contribution in [1.82, 2.24) is 15.5 Å². The van der Waals surface area contributed by atoms with E-state index in [1.165, 1.54) is 5.56 Å². The summed E-state index contributed by atoms with van der Waals surface area (Å²) in [5, 5.41) is 5.98. The van der Waals surface area contributed by atoms with Crippen molar-refractivity contribution in [2.45, 2.75) is 44.7 Å². The molecule has 1 aliphatic heterocycles. The summed E-state index contributed by atoms with van der Waals surface area (Å²) in [7, 11) is 0. The van der Waals surface area contributed by atoms with Crippen LogP contribution in [-0.2, 0) is 21.5 Å². The predicted octanol–water partition coefficient (Wildman–Crippen LogP) is 4.29. The number of carbonyl (C=O) groups excluding carboxylic acids is 3. The number of imide groups is 1. The fraction of sp³-hybridized carbons (Fsp3) is 0.276. The Bertz CT molecular complexity index is 1300. The van der Waals surface area contributed by atoms with Crippen molar-refractivity contribution in [3.63, 3.8) is 0 Å². The third-order valence-corrected chi connectivity index (χ3v) is 7.26. The van der Waals surface area contributed by atoms with Gasteiger partial charge in [0.2, 0.25) is 5.91 Å². The summed E-state index contributed by atoms with van der Waals surface area (Å²) < 4.78 is 0. The number of hydrogen-bond acceptors (Lipinski definition) is 3. The molecule has 0 unspecified atom stereocenters. The molecule has 3 aromatic rings. The zero-order chi connectivity index (χ0) is 24.6. The number of rotatable bonds is 5. The molecule has 0 aromatic heterocycles. The summed E-state index contributed by atoms with van der Waals surface area (Å²) in [6.45, 7) is 3.65. The Morgan fingerprint density at radius 1 is 0.971 bits per heavy atom. The molecule has 1 fully saturated rings. The van der Waals surface area contributed by atoms with Crippen molar-refractivity contribution in [3.05, 3.63) is 106 Å². The average molecular weight is 468 g/mol. The van der Waals surface area contributed by atoms with Gasteiger partial charge in [-0.2, -0.15) is 0 Å². The Morgan fingerprint density at radius 3 is 2.49 bits per heavy atom.